The third-order valence-electron chi connectivity index (χ3n) is 6.44. The van der Waals surface area contributed by atoms with Crippen LogP contribution >= 0.6 is 12.2 Å². The van der Waals surface area contributed by atoms with Gasteiger partial charge in [-0.1, -0.05) is 81.4 Å². The minimum Gasteiger partial charge on any atom is -0.479 e. The summed E-state index contributed by atoms with van der Waals surface area (Å²) in [4.78, 5) is 0. The fraction of sp³-hybridized carbons (Fsp3) is 0.483. The lowest BCUT2D eigenvalue weighted by Gasteiger charge is -2.47. The van der Waals surface area contributed by atoms with Gasteiger partial charge in [0.05, 0.1) is 13.2 Å². The van der Waals surface area contributed by atoms with Crippen LogP contribution < -0.4 is 10.6 Å². The molecule has 2 unspecified atom stereocenters. The van der Waals surface area contributed by atoms with Crippen molar-refractivity contribution in [3.05, 3.63) is 84.3 Å². The van der Waals surface area contributed by atoms with Crippen LogP contribution in [-0.4, -0.2) is 31.0 Å². The molecule has 2 aromatic carbocycles. The molecule has 5 heteroatoms. The van der Waals surface area contributed by atoms with Gasteiger partial charge < -0.3 is 20.1 Å². The van der Waals surface area contributed by atoms with Crippen LogP contribution in [0.2, 0.25) is 0 Å². The largest absolute Gasteiger partial charge is 0.479 e. The van der Waals surface area contributed by atoms with Gasteiger partial charge in [0, 0.05) is 25.4 Å². The Morgan fingerprint density at radius 1 is 0.912 bits per heavy atom. The van der Waals surface area contributed by atoms with E-state index in [0.717, 1.165) is 38.6 Å². The van der Waals surface area contributed by atoms with Crippen molar-refractivity contribution in [2.24, 2.45) is 10.8 Å². The fourth-order valence-electron chi connectivity index (χ4n) is 5.32. The maximum atomic E-state index is 5.90. The molecule has 0 radical (unpaired) electrons. The van der Waals surface area contributed by atoms with Gasteiger partial charge in [-0.05, 0) is 60.0 Å². The average Bonchev–Trinajstić information content (AvgIpc) is 2.78. The number of ether oxygens (including phenoxy) is 2. The highest BCUT2D eigenvalue weighted by atomic mass is 32.1. The van der Waals surface area contributed by atoms with Crippen LogP contribution in [0.15, 0.2) is 73.1 Å². The Labute approximate surface area is 211 Å². The third-order valence-corrected chi connectivity index (χ3v) is 6.71. The molecule has 0 saturated heterocycles. The maximum Gasteiger partial charge on any atom is 0.256 e. The lowest BCUT2D eigenvalue weighted by Crippen LogP contribution is -2.49. The summed E-state index contributed by atoms with van der Waals surface area (Å²) in [6, 6.07) is 21.0. The first-order valence-electron chi connectivity index (χ1n) is 12.3. The van der Waals surface area contributed by atoms with Gasteiger partial charge in [0.1, 0.15) is 0 Å². The normalized spacial score (nSPS) is 21.3. The zero-order valence-corrected chi connectivity index (χ0v) is 21.8. The molecule has 184 valence electrons. The van der Waals surface area contributed by atoms with Crippen LogP contribution in [0.25, 0.3) is 0 Å². The van der Waals surface area contributed by atoms with Crippen molar-refractivity contribution in [3.63, 3.8) is 0 Å². The summed E-state index contributed by atoms with van der Waals surface area (Å²) >= 11 is 5.45. The summed E-state index contributed by atoms with van der Waals surface area (Å²) in [5.74, 6) is 0.661. The molecule has 4 nitrogen and oxygen atoms in total. The van der Waals surface area contributed by atoms with Gasteiger partial charge in [-0.25, -0.2) is 0 Å². The summed E-state index contributed by atoms with van der Waals surface area (Å²) in [6.07, 6.45) is 4.96. The molecule has 0 spiro atoms. The molecule has 1 aliphatic rings. The van der Waals surface area contributed by atoms with Gasteiger partial charge in [0.2, 0.25) is 0 Å². The van der Waals surface area contributed by atoms with Gasteiger partial charge >= 0.3 is 0 Å². The quantitative estimate of drug-likeness (QED) is 0.304. The molecule has 0 aromatic heterocycles. The Hall–Kier alpha value is -2.53. The third kappa shape index (κ3) is 9.02. The smallest absolute Gasteiger partial charge is 0.256 e. The highest BCUT2D eigenvalue weighted by molar-refractivity contribution is 7.80. The Kier molecular flexibility index (Phi) is 9.40. The number of benzene rings is 2. The lowest BCUT2D eigenvalue weighted by molar-refractivity contribution is 0.0656. The van der Waals surface area contributed by atoms with E-state index in [2.05, 4.69) is 74.4 Å². The maximum absolute atomic E-state index is 5.90. The van der Waals surface area contributed by atoms with Crippen molar-refractivity contribution in [1.29, 1.82) is 0 Å². The first-order valence-corrected chi connectivity index (χ1v) is 12.7. The minimum absolute atomic E-state index is 0.0938. The van der Waals surface area contributed by atoms with Gasteiger partial charge in [-0.3, -0.25) is 0 Å². The number of hydrogen-bond acceptors (Lipinski definition) is 4. The van der Waals surface area contributed by atoms with Crippen LogP contribution in [-0.2, 0) is 22.3 Å². The first kappa shape index (κ1) is 26.1. The Morgan fingerprint density at radius 3 is 2.06 bits per heavy atom. The topological polar surface area (TPSA) is 42.5 Å². The summed E-state index contributed by atoms with van der Waals surface area (Å²) in [5.41, 5.74) is 2.84. The molecule has 0 amide bonds. The molecular weight excluding hydrogens is 440 g/mol. The molecule has 0 bridgehead atoms. The standard InChI is InChI=1S/C29H40N2O2S/c1-23(32-17-15-24-11-7-5-8-12-24)31-26-19-28(2,3)21-29(4,20-26)22-30-27(34)33-18-16-25-13-9-6-10-14-25/h5-14,26,31H,1,15-22H2,2-4H3,(H,30,34). The van der Waals surface area contributed by atoms with Gasteiger partial charge in [-0.15, -0.1) is 0 Å². The van der Waals surface area contributed by atoms with Crippen molar-refractivity contribution in [3.8, 4) is 0 Å². The van der Waals surface area contributed by atoms with E-state index >= 15 is 0 Å². The van der Waals surface area contributed by atoms with Crippen LogP contribution in [0.5, 0.6) is 0 Å². The number of rotatable bonds is 11. The highest BCUT2D eigenvalue weighted by Crippen LogP contribution is 2.46. The number of hydrogen-bond donors (Lipinski definition) is 2. The van der Waals surface area contributed by atoms with E-state index in [4.69, 9.17) is 21.7 Å². The van der Waals surface area contributed by atoms with Crippen molar-refractivity contribution in [2.45, 2.75) is 58.9 Å². The molecule has 2 aromatic rings. The van der Waals surface area contributed by atoms with E-state index < -0.39 is 0 Å². The summed E-state index contributed by atoms with van der Waals surface area (Å²) in [6.45, 7) is 13.1. The zero-order chi connectivity index (χ0) is 24.4. The van der Waals surface area contributed by atoms with Crippen LogP contribution in [0.1, 0.15) is 51.2 Å². The van der Waals surface area contributed by atoms with E-state index in [-0.39, 0.29) is 10.8 Å². The molecule has 2 atom stereocenters. The molecule has 1 aliphatic carbocycles. The molecule has 2 N–H and O–H groups in total. The van der Waals surface area contributed by atoms with E-state index in [1.165, 1.54) is 11.1 Å². The summed E-state index contributed by atoms with van der Waals surface area (Å²) in [7, 11) is 0. The van der Waals surface area contributed by atoms with Crippen LogP contribution in [0.3, 0.4) is 0 Å². The second kappa shape index (κ2) is 12.3. The Morgan fingerprint density at radius 2 is 1.47 bits per heavy atom. The predicted octanol–water partition coefficient (Wildman–Crippen LogP) is 6.03. The average molecular weight is 481 g/mol. The van der Waals surface area contributed by atoms with Gasteiger partial charge in [0.25, 0.3) is 5.17 Å². The number of thiocarbonyl (C=S) groups is 1. The SMILES string of the molecule is C=C(NC1CC(C)(C)CC(C)(CNC(=S)OCCc2ccccc2)C1)OCCc1ccccc1. The first-order chi connectivity index (χ1) is 16.2. The fourth-order valence-corrected chi connectivity index (χ4v) is 5.47. The van der Waals surface area contributed by atoms with Gasteiger partial charge in [0.15, 0.2) is 5.88 Å². The van der Waals surface area contributed by atoms with E-state index in [9.17, 15) is 0 Å². The minimum atomic E-state index is 0.0938. The lowest BCUT2D eigenvalue weighted by atomic mass is 9.62. The van der Waals surface area contributed by atoms with E-state index in [1.807, 2.05) is 24.3 Å². The van der Waals surface area contributed by atoms with Crippen LogP contribution in [0.4, 0.5) is 0 Å². The molecule has 0 aliphatic heterocycles. The summed E-state index contributed by atoms with van der Waals surface area (Å²) < 4.78 is 11.7. The summed E-state index contributed by atoms with van der Waals surface area (Å²) in [5, 5.41) is 7.40. The Balaban J connectivity index is 1.42. The van der Waals surface area contributed by atoms with E-state index in [0.29, 0.717) is 30.3 Å². The van der Waals surface area contributed by atoms with E-state index in [1.54, 1.807) is 0 Å². The monoisotopic (exact) mass is 480 g/mol. The molecule has 0 heterocycles. The van der Waals surface area contributed by atoms with Crippen molar-refractivity contribution < 1.29 is 9.47 Å². The Bertz CT molecular complexity index is 916. The van der Waals surface area contributed by atoms with Crippen molar-refractivity contribution >= 4 is 17.4 Å². The predicted molar refractivity (Wildman–Crippen MR) is 145 cm³/mol. The molecule has 1 fully saturated rings. The molecular formula is C29H40N2O2S. The second-order valence-electron chi connectivity index (χ2n) is 10.6. The molecule has 34 heavy (non-hydrogen) atoms. The molecule has 1 saturated carbocycles. The van der Waals surface area contributed by atoms with Crippen LogP contribution in [0, 0.1) is 10.8 Å². The molecule has 3 rings (SSSR count). The number of nitrogens with one attached hydrogen (secondary N) is 2. The van der Waals surface area contributed by atoms with Gasteiger partial charge in [-0.2, -0.15) is 0 Å². The zero-order valence-electron chi connectivity index (χ0n) is 20.9. The van der Waals surface area contributed by atoms with Crippen molar-refractivity contribution in [1.82, 2.24) is 10.6 Å². The highest BCUT2D eigenvalue weighted by Gasteiger charge is 2.41. The van der Waals surface area contributed by atoms with Crippen molar-refractivity contribution in [2.75, 3.05) is 19.8 Å². The second-order valence-corrected chi connectivity index (χ2v) is 11.0.